The SMILES string of the molecule is O=C1C[C@H](CBr)O1. The summed E-state index contributed by atoms with van der Waals surface area (Å²) in [7, 11) is 0. The van der Waals surface area contributed by atoms with Crippen molar-refractivity contribution in [3.63, 3.8) is 0 Å². The van der Waals surface area contributed by atoms with E-state index in [-0.39, 0.29) is 12.1 Å². The van der Waals surface area contributed by atoms with Crippen molar-refractivity contribution < 1.29 is 9.53 Å². The average molecular weight is 165 g/mol. The zero-order valence-corrected chi connectivity index (χ0v) is 5.27. The maximum atomic E-state index is 10.0. The minimum atomic E-state index is -0.0792. The number of rotatable bonds is 1. The van der Waals surface area contributed by atoms with Gasteiger partial charge in [-0.1, -0.05) is 15.9 Å². The maximum absolute atomic E-state index is 10.0. The lowest BCUT2D eigenvalue weighted by Crippen LogP contribution is -2.33. The summed E-state index contributed by atoms with van der Waals surface area (Å²) in [4.78, 5) is 10.0. The molecule has 3 heteroatoms. The molecular formula is C4H5BrO2. The van der Waals surface area contributed by atoms with Gasteiger partial charge in [0.25, 0.3) is 0 Å². The second-order valence-electron chi connectivity index (χ2n) is 1.47. The van der Waals surface area contributed by atoms with Crippen LogP contribution in [0.4, 0.5) is 0 Å². The van der Waals surface area contributed by atoms with Gasteiger partial charge in [0.2, 0.25) is 0 Å². The van der Waals surface area contributed by atoms with E-state index in [2.05, 4.69) is 20.7 Å². The monoisotopic (exact) mass is 164 g/mol. The van der Waals surface area contributed by atoms with E-state index < -0.39 is 0 Å². The van der Waals surface area contributed by atoms with Crippen molar-refractivity contribution in [2.45, 2.75) is 12.5 Å². The van der Waals surface area contributed by atoms with Crippen LogP contribution in [0.1, 0.15) is 6.42 Å². The molecule has 1 atom stereocenters. The Kier molecular flexibility index (Phi) is 1.32. The first kappa shape index (κ1) is 5.09. The van der Waals surface area contributed by atoms with Gasteiger partial charge in [0, 0.05) is 5.33 Å². The molecule has 0 aromatic carbocycles. The first-order valence-electron chi connectivity index (χ1n) is 2.08. The summed E-state index contributed by atoms with van der Waals surface area (Å²) in [6, 6.07) is 0. The molecule has 0 bridgehead atoms. The highest BCUT2D eigenvalue weighted by Crippen LogP contribution is 2.14. The van der Waals surface area contributed by atoms with Crippen LogP contribution >= 0.6 is 15.9 Å². The summed E-state index contributed by atoms with van der Waals surface area (Å²) in [6.07, 6.45) is 0.748. The van der Waals surface area contributed by atoms with Gasteiger partial charge in [-0.05, 0) is 0 Å². The number of esters is 1. The van der Waals surface area contributed by atoms with Gasteiger partial charge in [-0.25, -0.2) is 0 Å². The average Bonchev–Trinajstić information content (AvgIpc) is 1.58. The van der Waals surface area contributed by atoms with Gasteiger partial charge in [0.05, 0.1) is 6.42 Å². The lowest BCUT2D eigenvalue weighted by atomic mass is 10.2. The first-order chi connectivity index (χ1) is 3.33. The summed E-state index contributed by atoms with van der Waals surface area (Å²) in [5.41, 5.74) is 0. The molecule has 40 valence electrons. The van der Waals surface area contributed by atoms with Crippen LogP contribution in [0.5, 0.6) is 0 Å². The molecule has 1 saturated heterocycles. The molecule has 2 nitrogen and oxygen atoms in total. The number of hydrogen-bond acceptors (Lipinski definition) is 2. The molecule has 1 heterocycles. The molecule has 0 N–H and O–H groups in total. The number of alkyl halides is 1. The maximum Gasteiger partial charge on any atom is 0.309 e. The van der Waals surface area contributed by atoms with Crippen molar-refractivity contribution in [1.82, 2.24) is 0 Å². The highest BCUT2D eigenvalue weighted by atomic mass is 79.9. The number of cyclic esters (lactones) is 1. The van der Waals surface area contributed by atoms with Gasteiger partial charge in [-0.3, -0.25) is 4.79 Å². The van der Waals surface area contributed by atoms with E-state index >= 15 is 0 Å². The second kappa shape index (κ2) is 1.82. The first-order valence-corrected chi connectivity index (χ1v) is 3.20. The third-order valence-corrected chi connectivity index (χ3v) is 1.59. The van der Waals surface area contributed by atoms with E-state index in [0.29, 0.717) is 6.42 Å². The second-order valence-corrected chi connectivity index (χ2v) is 2.12. The molecule has 1 aliphatic heterocycles. The molecule has 1 rings (SSSR count). The van der Waals surface area contributed by atoms with Crippen molar-refractivity contribution in [2.75, 3.05) is 5.33 Å². The molecule has 0 spiro atoms. The van der Waals surface area contributed by atoms with E-state index in [9.17, 15) is 4.79 Å². The van der Waals surface area contributed by atoms with Crippen molar-refractivity contribution in [2.24, 2.45) is 0 Å². The molecule has 0 radical (unpaired) electrons. The van der Waals surface area contributed by atoms with Crippen molar-refractivity contribution in [3.05, 3.63) is 0 Å². The molecule has 0 saturated carbocycles. The van der Waals surface area contributed by atoms with E-state index in [1.165, 1.54) is 0 Å². The van der Waals surface area contributed by atoms with Gasteiger partial charge in [-0.2, -0.15) is 0 Å². The van der Waals surface area contributed by atoms with Crippen LogP contribution in [0.25, 0.3) is 0 Å². The summed E-state index contributed by atoms with van der Waals surface area (Å²) in [5.74, 6) is -0.0792. The lowest BCUT2D eigenvalue weighted by molar-refractivity contribution is -0.166. The standard InChI is InChI=1S/C4H5BrO2/c5-2-3-1-4(6)7-3/h3H,1-2H2/t3-/m1/s1. The Morgan fingerprint density at radius 2 is 2.57 bits per heavy atom. The number of ether oxygens (including phenoxy) is 1. The summed E-state index contributed by atoms with van der Waals surface area (Å²) < 4.78 is 4.60. The number of halogens is 1. The molecule has 0 aromatic rings. The predicted molar refractivity (Wildman–Crippen MR) is 28.3 cm³/mol. The van der Waals surface area contributed by atoms with Crippen LogP contribution in [0.3, 0.4) is 0 Å². The fraction of sp³-hybridized carbons (Fsp3) is 0.750. The minimum Gasteiger partial charge on any atom is -0.461 e. The Balaban J connectivity index is 2.17. The Hall–Kier alpha value is -0.0500. The number of hydrogen-bond donors (Lipinski definition) is 0. The largest absolute Gasteiger partial charge is 0.461 e. The third-order valence-electron chi connectivity index (χ3n) is 0.865. The zero-order chi connectivity index (χ0) is 5.28. The molecule has 1 aliphatic rings. The van der Waals surface area contributed by atoms with Crippen LogP contribution in [0.2, 0.25) is 0 Å². The van der Waals surface area contributed by atoms with E-state index in [4.69, 9.17) is 0 Å². The summed E-state index contributed by atoms with van der Waals surface area (Å²) >= 11 is 3.18. The fourth-order valence-corrected chi connectivity index (χ4v) is 0.809. The molecular weight excluding hydrogens is 160 g/mol. The normalized spacial score (nSPS) is 28.7. The van der Waals surface area contributed by atoms with Crippen LogP contribution in [-0.4, -0.2) is 17.4 Å². The van der Waals surface area contributed by atoms with Gasteiger partial charge in [0.1, 0.15) is 6.10 Å². The molecule has 0 aliphatic carbocycles. The molecule has 7 heavy (non-hydrogen) atoms. The Bertz CT molecular complexity index is 83.7. The Morgan fingerprint density at radius 3 is 2.71 bits per heavy atom. The third kappa shape index (κ3) is 0.938. The van der Waals surface area contributed by atoms with Crippen molar-refractivity contribution in [1.29, 1.82) is 0 Å². The Morgan fingerprint density at radius 1 is 2.00 bits per heavy atom. The zero-order valence-electron chi connectivity index (χ0n) is 3.69. The molecule has 1 fully saturated rings. The smallest absolute Gasteiger partial charge is 0.309 e. The highest BCUT2D eigenvalue weighted by Gasteiger charge is 2.26. The fourth-order valence-electron chi connectivity index (χ4n) is 0.448. The lowest BCUT2D eigenvalue weighted by Gasteiger charge is -2.22. The summed E-state index contributed by atoms with van der Waals surface area (Å²) in [6.45, 7) is 0. The van der Waals surface area contributed by atoms with Crippen molar-refractivity contribution >= 4 is 21.9 Å². The van der Waals surface area contributed by atoms with Crippen LogP contribution in [0, 0.1) is 0 Å². The van der Waals surface area contributed by atoms with Gasteiger partial charge >= 0.3 is 5.97 Å². The van der Waals surface area contributed by atoms with Crippen LogP contribution < -0.4 is 0 Å². The van der Waals surface area contributed by atoms with Gasteiger partial charge in [-0.15, -0.1) is 0 Å². The Labute approximate surface area is 50.0 Å². The van der Waals surface area contributed by atoms with E-state index in [1.54, 1.807) is 0 Å². The van der Waals surface area contributed by atoms with Crippen LogP contribution in [-0.2, 0) is 9.53 Å². The molecule has 0 aromatic heterocycles. The topological polar surface area (TPSA) is 26.3 Å². The summed E-state index contributed by atoms with van der Waals surface area (Å²) in [5, 5.41) is 0.777. The van der Waals surface area contributed by atoms with E-state index in [0.717, 1.165) is 5.33 Å². The molecule has 0 amide bonds. The molecule has 0 unspecified atom stereocenters. The number of carbonyl (C=O) groups is 1. The predicted octanol–water partition coefficient (Wildman–Crippen LogP) is 0.697. The quantitative estimate of drug-likeness (QED) is 0.422. The highest BCUT2D eigenvalue weighted by molar-refractivity contribution is 9.09. The van der Waals surface area contributed by atoms with Crippen LogP contribution in [0.15, 0.2) is 0 Å². The van der Waals surface area contributed by atoms with Gasteiger partial charge in [0.15, 0.2) is 0 Å². The van der Waals surface area contributed by atoms with Gasteiger partial charge < -0.3 is 4.74 Å². The van der Waals surface area contributed by atoms with E-state index in [1.807, 2.05) is 0 Å². The number of carbonyl (C=O) groups excluding carboxylic acids is 1. The van der Waals surface area contributed by atoms with Crippen molar-refractivity contribution in [3.8, 4) is 0 Å². The minimum absolute atomic E-state index is 0.0792.